The summed E-state index contributed by atoms with van der Waals surface area (Å²) < 4.78 is 11.5. The van der Waals surface area contributed by atoms with Gasteiger partial charge < -0.3 is 9.47 Å². The van der Waals surface area contributed by atoms with Crippen molar-refractivity contribution in [3.8, 4) is 0 Å². The van der Waals surface area contributed by atoms with E-state index in [0.717, 1.165) is 32.1 Å². The average molecular weight is 379 g/mol. The summed E-state index contributed by atoms with van der Waals surface area (Å²) in [5.41, 5.74) is -0.832. The minimum atomic E-state index is -0.819. The molecule has 0 radical (unpaired) electrons. The van der Waals surface area contributed by atoms with Crippen molar-refractivity contribution in [1.82, 2.24) is 0 Å². The van der Waals surface area contributed by atoms with E-state index in [1.165, 1.54) is 12.8 Å². The Morgan fingerprint density at radius 3 is 2.52 bits per heavy atom. The van der Waals surface area contributed by atoms with Crippen molar-refractivity contribution in [2.75, 3.05) is 0 Å². The molecule has 1 heterocycles. The van der Waals surface area contributed by atoms with Crippen LogP contribution in [0.25, 0.3) is 0 Å². The van der Waals surface area contributed by atoms with Crippen LogP contribution in [0, 0.1) is 28.6 Å². The second-order valence-electron chi connectivity index (χ2n) is 10.9. The van der Waals surface area contributed by atoms with Gasteiger partial charge in [-0.2, -0.15) is 0 Å². The third-order valence-corrected chi connectivity index (χ3v) is 7.66. The number of cyclic esters (lactones) is 1. The number of carbonyl (C=O) groups is 2. The van der Waals surface area contributed by atoms with Gasteiger partial charge in [-0.25, -0.2) is 4.79 Å². The highest BCUT2D eigenvalue weighted by atomic mass is 16.8. The first-order valence-corrected chi connectivity index (χ1v) is 10.9. The average Bonchev–Trinajstić information content (AvgIpc) is 3.06. The van der Waals surface area contributed by atoms with E-state index in [1.54, 1.807) is 0 Å². The smallest absolute Gasteiger partial charge is 0.340 e. The monoisotopic (exact) mass is 378 g/mol. The van der Waals surface area contributed by atoms with Gasteiger partial charge in [0, 0.05) is 17.8 Å². The molecule has 0 aromatic carbocycles. The Morgan fingerprint density at radius 1 is 1.19 bits per heavy atom. The van der Waals surface area contributed by atoms with Crippen molar-refractivity contribution in [2.45, 2.75) is 105 Å². The molecule has 2 aliphatic carbocycles. The minimum Gasteiger partial charge on any atom is -0.433 e. The first-order valence-electron chi connectivity index (χ1n) is 10.9. The number of fused-ring (bicyclic) bond motifs is 1. The van der Waals surface area contributed by atoms with Crippen molar-refractivity contribution < 1.29 is 19.1 Å². The molecule has 3 fully saturated rings. The number of Topliss-reactive ketones (excluding diaryl/α,β-unsaturated/α-hetero) is 1. The van der Waals surface area contributed by atoms with Crippen molar-refractivity contribution >= 4 is 11.8 Å². The minimum absolute atomic E-state index is 0.193. The first-order chi connectivity index (χ1) is 12.5. The number of hydrogen-bond donors (Lipinski definition) is 0. The van der Waals surface area contributed by atoms with Crippen LogP contribution in [0.1, 0.15) is 92.9 Å². The zero-order valence-electron chi connectivity index (χ0n) is 18.1. The van der Waals surface area contributed by atoms with Crippen molar-refractivity contribution in [3.63, 3.8) is 0 Å². The molecule has 4 nitrogen and oxygen atoms in total. The Balaban J connectivity index is 1.55. The zero-order chi connectivity index (χ0) is 20.0. The highest BCUT2D eigenvalue weighted by Crippen LogP contribution is 2.57. The Bertz CT molecular complexity index is 592. The number of carbonyl (C=O) groups excluding carboxylic acids is 2. The summed E-state index contributed by atoms with van der Waals surface area (Å²) in [5, 5.41) is 0. The molecule has 1 saturated heterocycles. The molecule has 0 N–H and O–H groups in total. The first kappa shape index (κ1) is 20.8. The number of esters is 1. The Kier molecular flexibility index (Phi) is 5.53. The molecule has 3 rings (SSSR count). The normalized spacial score (nSPS) is 40.7. The Hall–Kier alpha value is -0.900. The molecule has 0 spiro atoms. The highest BCUT2D eigenvalue weighted by molar-refractivity contribution is 5.83. The van der Waals surface area contributed by atoms with E-state index in [1.807, 2.05) is 27.7 Å². The summed E-state index contributed by atoms with van der Waals surface area (Å²) in [6.07, 6.45) is 7.56. The van der Waals surface area contributed by atoms with Gasteiger partial charge in [-0.1, -0.05) is 41.0 Å². The maximum Gasteiger partial charge on any atom is 0.340 e. The molecule has 0 aromatic rings. The summed E-state index contributed by atoms with van der Waals surface area (Å²) in [6, 6.07) is 0. The van der Waals surface area contributed by atoms with E-state index < -0.39 is 11.9 Å². The molecule has 0 aromatic heterocycles. The van der Waals surface area contributed by atoms with Crippen LogP contribution >= 0.6 is 0 Å². The highest BCUT2D eigenvalue weighted by Gasteiger charge is 2.53. The lowest BCUT2D eigenvalue weighted by molar-refractivity contribution is -0.155. The van der Waals surface area contributed by atoms with Crippen molar-refractivity contribution in [1.29, 1.82) is 0 Å². The summed E-state index contributed by atoms with van der Waals surface area (Å²) >= 11 is 0. The lowest BCUT2D eigenvalue weighted by atomic mass is 9.62. The standard InChI is InChI=1S/C23H38O4/c1-15(16-11-12-17-18(24)10-8-13-22(16,17)5)9-7-14-23(6)19(25)26-20(27-23)21(2,3)4/h15-17,20H,7-14H2,1-6H3/t15-,16-,17?,20-,22+,23-/m1/s1. The van der Waals surface area contributed by atoms with Gasteiger partial charge in [0.1, 0.15) is 5.78 Å². The number of hydrogen-bond acceptors (Lipinski definition) is 4. The molecular formula is C23H38O4. The molecule has 27 heavy (non-hydrogen) atoms. The second kappa shape index (κ2) is 7.17. The van der Waals surface area contributed by atoms with Gasteiger partial charge in [-0.15, -0.1) is 0 Å². The summed E-state index contributed by atoms with van der Waals surface area (Å²) in [6.45, 7) is 12.7. The van der Waals surface area contributed by atoms with Crippen LogP contribution in [-0.2, 0) is 19.1 Å². The van der Waals surface area contributed by atoms with E-state index in [0.29, 0.717) is 24.0 Å². The van der Waals surface area contributed by atoms with Gasteiger partial charge in [-0.05, 0) is 62.7 Å². The fourth-order valence-corrected chi connectivity index (χ4v) is 5.91. The lowest BCUT2D eigenvalue weighted by Crippen LogP contribution is -2.39. The molecule has 0 amide bonds. The van der Waals surface area contributed by atoms with Crippen LogP contribution in [0.2, 0.25) is 0 Å². The van der Waals surface area contributed by atoms with E-state index in [-0.39, 0.29) is 22.7 Å². The number of ketones is 1. The topological polar surface area (TPSA) is 52.6 Å². The van der Waals surface area contributed by atoms with E-state index in [9.17, 15) is 9.59 Å². The van der Waals surface area contributed by atoms with Gasteiger partial charge in [0.15, 0.2) is 5.60 Å². The second-order valence-corrected chi connectivity index (χ2v) is 10.9. The predicted octanol–water partition coefficient (Wildman–Crippen LogP) is 5.28. The Morgan fingerprint density at radius 2 is 1.89 bits per heavy atom. The SMILES string of the molecule is C[C@H](CCC[C@@]1(C)O[C@H](C(C)(C)C)OC1=O)[C@H]1CCC2C(=O)CCC[C@]21C. The molecule has 6 atom stereocenters. The van der Waals surface area contributed by atoms with Gasteiger partial charge in [0.2, 0.25) is 6.29 Å². The molecule has 154 valence electrons. The van der Waals surface area contributed by atoms with Crippen LogP contribution < -0.4 is 0 Å². The lowest BCUT2D eigenvalue weighted by Gasteiger charge is -2.42. The largest absolute Gasteiger partial charge is 0.433 e. The maximum absolute atomic E-state index is 12.4. The number of ether oxygens (including phenoxy) is 2. The quantitative estimate of drug-likeness (QED) is 0.611. The van der Waals surface area contributed by atoms with Gasteiger partial charge in [-0.3, -0.25) is 4.79 Å². The summed E-state index contributed by atoms with van der Waals surface area (Å²) in [5.74, 6) is 1.77. The molecule has 1 unspecified atom stereocenters. The summed E-state index contributed by atoms with van der Waals surface area (Å²) in [7, 11) is 0. The van der Waals surface area contributed by atoms with Crippen molar-refractivity contribution in [2.24, 2.45) is 28.6 Å². The van der Waals surface area contributed by atoms with E-state index >= 15 is 0 Å². The van der Waals surface area contributed by atoms with E-state index in [2.05, 4.69) is 13.8 Å². The fraction of sp³-hybridized carbons (Fsp3) is 0.913. The fourth-order valence-electron chi connectivity index (χ4n) is 5.91. The molecule has 0 bridgehead atoms. The zero-order valence-corrected chi connectivity index (χ0v) is 18.1. The van der Waals surface area contributed by atoms with Gasteiger partial charge in [0.05, 0.1) is 0 Å². The van der Waals surface area contributed by atoms with Crippen LogP contribution in [-0.4, -0.2) is 23.6 Å². The van der Waals surface area contributed by atoms with Crippen molar-refractivity contribution in [3.05, 3.63) is 0 Å². The Labute approximate surface area is 164 Å². The molecule has 3 aliphatic rings. The van der Waals surface area contributed by atoms with Crippen LogP contribution in [0.4, 0.5) is 0 Å². The molecule has 1 aliphatic heterocycles. The third kappa shape index (κ3) is 3.83. The third-order valence-electron chi connectivity index (χ3n) is 7.66. The molecular weight excluding hydrogens is 340 g/mol. The number of rotatable bonds is 5. The maximum atomic E-state index is 12.4. The molecule has 2 saturated carbocycles. The van der Waals surface area contributed by atoms with Crippen LogP contribution in [0.15, 0.2) is 0 Å². The van der Waals surface area contributed by atoms with Gasteiger partial charge in [0.25, 0.3) is 0 Å². The summed E-state index contributed by atoms with van der Waals surface area (Å²) in [4.78, 5) is 24.7. The predicted molar refractivity (Wildman–Crippen MR) is 105 cm³/mol. The van der Waals surface area contributed by atoms with Crippen LogP contribution in [0.5, 0.6) is 0 Å². The van der Waals surface area contributed by atoms with E-state index in [4.69, 9.17) is 9.47 Å². The molecule has 4 heteroatoms. The van der Waals surface area contributed by atoms with Crippen LogP contribution in [0.3, 0.4) is 0 Å². The van der Waals surface area contributed by atoms with Gasteiger partial charge >= 0.3 is 5.97 Å².